The number of nitrogens with zero attached hydrogens (tertiary/aromatic N) is 1. The lowest BCUT2D eigenvalue weighted by molar-refractivity contribution is 0.303. The van der Waals surface area contributed by atoms with Gasteiger partial charge in [0.05, 0.1) is 5.69 Å². The highest BCUT2D eigenvalue weighted by molar-refractivity contribution is 6.29. The van der Waals surface area contributed by atoms with Gasteiger partial charge in [-0.25, -0.2) is 4.98 Å². The average Bonchev–Trinajstić information content (AvgIpc) is 2.15. The SMILES string of the molecule is Nc1ccc(Cl)nc1NCCC1CCC1. The fourth-order valence-corrected chi connectivity index (χ4v) is 1.91. The molecule has 0 bridgehead atoms. The van der Waals surface area contributed by atoms with Crippen molar-refractivity contribution in [2.75, 3.05) is 17.6 Å². The Hall–Kier alpha value is -0.960. The molecule has 15 heavy (non-hydrogen) atoms. The van der Waals surface area contributed by atoms with E-state index in [0.717, 1.165) is 12.5 Å². The Kier molecular flexibility index (Phi) is 3.31. The monoisotopic (exact) mass is 225 g/mol. The Balaban J connectivity index is 1.83. The van der Waals surface area contributed by atoms with Crippen LogP contribution in [0.1, 0.15) is 25.7 Å². The molecule has 1 aromatic rings. The van der Waals surface area contributed by atoms with Crippen LogP contribution in [-0.4, -0.2) is 11.5 Å². The summed E-state index contributed by atoms with van der Waals surface area (Å²) >= 11 is 5.79. The van der Waals surface area contributed by atoms with E-state index in [0.29, 0.717) is 16.7 Å². The van der Waals surface area contributed by atoms with E-state index in [1.807, 2.05) is 0 Å². The number of nitrogens with one attached hydrogen (secondary N) is 1. The molecule has 82 valence electrons. The first-order valence-corrected chi connectivity index (χ1v) is 5.79. The Bertz CT molecular complexity index is 337. The summed E-state index contributed by atoms with van der Waals surface area (Å²) < 4.78 is 0. The fraction of sp³-hybridized carbons (Fsp3) is 0.545. The van der Waals surface area contributed by atoms with Crippen LogP contribution in [0.25, 0.3) is 0 Å². The lowest BCUT2D eigenvalue weighted by atomic mass is 9.83. The van der Waals surface area contributed by atoms with E-state index in [-0.39, 0.29) is 0 Å². The molecule has 1 fully saturated rings. The Morgan fingerprint density at radius 1 is 1.47 bits per heavy atom. The van der Waals surface area contributed by atoms with Gasteiger partial charge in [0, 0.05) is 6.54 Å². The van der Waals surface area contributed by atoms with E-state index >= 15 is 0 Å². The highest BCUT2D eigenvalue weighted by Crippen LogP contribution is 2.29. The van der Waals surface area contributed by atoms with Crippen molar-refractivity contribution >= 4 is 23.1 Å². The maximum absolute atomic E-state index is 5.79. The first kappa shape index (κ1) is 10.6. The summed E-state index contributed by atoms with van der Waals surface area (Å²) in [5.74, 6) is 1.61. The van der Waals surface area contributed by atoms with Gasteiger partial charge in [-0.2, -0.15) is 0 Å². The van der Waals surface area contributed by atoms with E-state index in [1.54, 1.807) is 12.1 Å². The maximum Gasteiger partial charge on any atom is 0.150 e. The van der Waals surface area contributed by atoms with Crippen LogP contribution in [0.15, 0.2) is 12.1 Å². The van der Waals surface area contributed by atoms with Crippen molar-refractivity contribution in [1.82, 2.24) is 4.98 Å². The minimum absolute atomic E-state index is 0.482. The van der Waals surface area contributed by atoms with Crippen molar-refractivity contribution in [3.63, 3.8) is 0 Å². The smallest absolute Gasteiger partial charge is 0.150 e. The highest BCUT2D eigenvalue weighted by atomic mass is 35.5. The molecule has 3 N–H and O–H groups in total. The summed E-state index contributed by atoms with van der Waals surface area (Å²) in [6.07, 6.45) is 5.34. The van der Waals surface area contributed by atoms with Gasteiger partial charge in [-0.1, -0.05) is 30.9 Å². The van der Waals surface area contributed by atoms with Gasteiger partial charge in [0.2, 0.25) is 0 Å². The van der Waals surface area contributed by atoms with Crippen LogP contribution >= 0.6 is 11.6 Å². The molecule has 0 radical (unpaired) electrons. The van der Waals surface area contributed by atoms with Crippen molar-refractivity contribution in [3.05, 3.63) is 17.3 Å². The minimum Gasteiger partial charge on any atom is -0.396 e. The zero-order valence-corrected chi connectivity index (χ0v) is 9.43. The van der Waals surface area contributed by atoms with Gasteiger partial charge in [0.1, 0.15) is 5.15 Å². The third kappa shape index (κ3) is 2.75. The molecule has 1 saturated carbocycles. The molecular weight excluding hydrogens is 210 g/mol. The first-order valence-electron chi connectivity index (χ1n) is 5.41. The van der Waals surface area contributed by atoms with Crippen LogP contribution in [0.4, 0.5) is 11.5 Å². The Morgan fingerprint density at radius 2 is 2.27 bits per heavy atom. The predicted molar refractivity (Wildman–Crippen MR) is 64.1 cm³/mol. The quantitative estimate of drug-likeness (QED) is 0.775. The number of rotatable bonds is 4. The normalized spacial score (nSPS) is 16.1. The topological polar surface area (TPSA) is 50.9 Å². The molecule has 0 aromatic carbocycles. The Labute approximate surface area is 95.0 Å². The second-order valence-corrected chi connectivity index (χ2v) is 4.47. The van der Waals surface area contributed by atoms with Gasteiger partial charge < -0.3 is 11.1 Å². The fourth-order valence-electron chi connectivity index (χ4n) is 1.76. The standard InChI is InChI=1S/C11H16ClN3/c12-10-5-4-9(13)11(15-10)14-7-6-8-2-1-3-8/h4-5,8H,1-3,6-7,13H2,(H,14,15). The molecule has 0 amide bonds. The molecule has 0 spiro atoms. The van der Waals surface area contributed by atoms with Crippen molar-refractivity contribution in [2.45, 2.75) is 25.7 Å². The summed E-state index contributed by atoms with van der Waals surface area (Å²) in [7, 11) is 0. The lowest BCUT2D eigenvalue weighted by Crippen LogP contribution is -2.16. The molecule has 0 aliphatic heterocycles. The van der Waals surface area contributed by atoms with E-state index in [1.165, 1.54) is 25.7 Å². The van der Waals surface area contributed by atoms with E-state index < -0.39 is 0 Å². The number of hydrogen-bond donors (Lipinski definition) is 2. The van der Waals surface area contributed by atoms with Crippen LogP contribution in [0.5, 0.6) is 0 Å². The summed E-state index contributed by atoms with van der Waals surface area (Å²) in [6.45, 7) is 0.933. The molecule has 4 heteroatoms. The van der Waals surface area contributed by atoms with Gasteiger partial charge >= 0.3 is 0 Å². The Morgan fingerprint density at radius 3 is 2.93 bits per heavy atom. The van der Waals surface area contributed by atoms with Gasteiger partial charge in [-0.15, -0.1) is 0 Å². The molecule has 3 nitrogen and oxygen atoms in total. The number of pyridine rings is 1. The number of nitrogens with two attached hydrogens (primary N) is 1. The average molecular weight is 226 g/mol. The van der Waals surface area contributed by atoms with Crippen LogP contribution < -0.4 is 11.1 Å². The van der Waals surface area contributed by atoms with Crippen LogP contribution in [0, 0.1) is 5.92 Å². The molecule has 1 aliphatic rings. The highest BCUT2D eigenvalue weighted by Gasteiger charge is 2.16. The molecular formula is C11H16ClN3. The number of hydrogen-bond acceptors (Lipinski definition) is 3. The summed E-state index contributed by atoms with van der Waals surface area (Å²) in [5, 5.41) is 3.71. The molecule has 1 aromatic heterocycles. The predicted octanol–water partition coefficient (Wildman–Crippen LogP) is 2.92. The largest absolute Gasteiger partial charge is 0.396 e. The van der Waals surface area contributed by atoms with Crippen molar-refractivity contribution < 1.29 is 0 Å². The second kappa shape index (κ2) is 4.71. The van der Waals surface area contributed by atoms with Gasteiger partial charge in [-0.3, -0.25) is 0 Å². The molecule has 1 aliphatic carbocycles. The maximum atomic E-state index is 5.79. The molecule has 2 rings (SSSR count). The van der Waals surface area contributed by atoms with E-state index in [9.17, 15) is 0 Å². The van der Waals surface area contributed by atoms with E-state index in [2.05, 4.69) is 10.3 Å². The summed E-state index contributed by atoms with van der Waals surface area (Å²) in [6, 6.07) is 3.48. The number of aromatic nitrogens is 1. The number of halogens is 1. The second-order valence-electron chi connectivity index (χ2n) is 4.08. The van der Waals surface area contributed by atoms with Gasteiger partial charge in [0.15, 0.2) is 5.82 Å². The minimum atomic E-state index is 0.482. The molecule has 0 atom stereocenters. The van der Waals surface area contributed by atoms with Crippen molar-refractivity contribution in [3.8, 4) is 0 Å². The first-order chi connectivity index (χ1) is 7.25. The molecule has 0 saturated heterocycles. The third-order valence-corrected chi connectivity index (χ3v) is 3.17. The molecule has 0 unspecified atom stereocenters. The van der Waals surface area contributed by atoms with Gasteiger partial charge in [-0.05, 0) is 24.5 Å². The van der Waals surface area contributed by atoms with Gasteiger partial charge in [0.25, 0.3) is 0 Å². The third-order valence-electron chi connectivity index (χ3n) is 2.96. The van der Waals surface area contributed by atoms with E-state index in [4.69, 9.17) is 17.3 Å². The van der Waals surface area contributed by atoms with Crippen LogP contribution in [0.2, 0.25) is 5.15 Å². The number of anilines is 2. The number of nitrogen functional groups attached to an aromatic ring is 1. The zero-order valence-electron chi connectivity index (χ0n) is 8.67. The van der Waals surface area contributed by atoms with Crippen LogP contribution in [-0.2, 0) is 0 Å². The molecule has 1 heterocycles. The van der Waals surface area contributed by atoms with Crippen molar-refractivity contribution in [1.29, 1.82) is 0 Å². The zero-order chi connectivity index (χ0) is 10.7. The van der Waals surface area contributed by atoms with Crippen molar-refractivity contribution in [2.24, 2.45) is 5.92 Å². The summed E-state index contributed by atoms with van der Waals surface area (Å²) in [5.41, 5.74) is 6.43. The van der Waals surface area contributed by atoms with Crippen LogP contribution in [0.3, 0.4) is 0 Å². The lowest BCUT2D eigenvalue weighted by Gasteiger charge is -2.25. The summed E-state index contributed by atoms with van der Waals surface area (Å²) in [4.78, 5) is 4.14.